The van der Waals surface area contributed by atoms with Crippen LogP contribution in [-0.4, -0.2) is 14.1 Å². The van der Waals surface area contributed by atoms with Crippen LogP contribution in [0.1, 0.15) is 5.56 Å². The Morgan fingerprint density at radius 2 is 2.00 bits per heavy atom. The highest BCUT2D eigenvalue weighted by Crippen LogP contribution is 2.26. The fourth-order valence-electron chi connectivity index (χ4n) is 1.08. The van der Waals surface area contributed by atoms with Gasteiger partial charge in [-0.25, -0.2) is 0 Å². The van der Waals surface area contributed by atoms with Gasteiger partial charge < -0.3 is 17.7 Å². The number of methoxy groups -OCH3 is 1. The van der Waals surface area contributed by atoms with Crippen molar-refractivity contribution < 1.29 is 17.7 Å². The number of benzene rings is 1. The molecule has 0 unspecified atom stereocenters. The number of rotatable bonds is 3. The maximum Gasteiger partial charge on any atom is 0.482 e. The molecule has 1 nitrogen and oxygen atoms in total. The molecule has 0 aliphatic rings. The number of hydrogen-bond acceptors (Lipinski definition) is 1. The average Bonchev–Trinajstić information content (AvgIpc) is 2.06. The van der Waals surface area contributed by atoms with Gasteiger partial charge in [0.1, 0.15) is 5.75 Å². The monoisotopic (exact) mass is 267 g/mol. The first-order chi connectivity index (χ1) is 6.42. The molecule has 1 rings (SSSR count). The molecule has 1 aromatic carbocycles. The van der Waals surface area contributed by atoms with Crippen LogP contribution in [-0.2, 0) is 6.32 Å². The van der Waals surface area contributed by atoms with Gasteiger partial charge in [-0.15, -0.1) is 0 Å². The van der Waals surface area contributed by atoms with Crippen molar-refractivity contribution in [3.8, 4) is 5.75 Å². The van der Waals surface area contributed by atoms with Gasteiger partial charge >= 0.3 is 6.98 Å². The fourth-order valence-corrected chi connectivity index (χ4v) is 1.49. The molecular weight excluding hydrogens is 260 g/mol. The maximum atomic E-state index is 12.2. The number of hydrogen-bond donors (Lipinski definition) is 0. The summed E-state index contributed by atoms with van der Waals surface area (Å²) in [5.41, 5.74) is 0.205. The van der Waals surface area contributed by atoms with Crippen LogP contribution < -0.4 is 4.74 Å². The van der Waals surface area contributed by atoms with Crippen molar-refractivity contribution in [2.75, 3.05) is 7.11 Å². The van der Waals surface area contributed by atoms with Crippen molar-refractivity contribution >= 4 is 22.9 Å². The summed E-state index contributed by atoms with van der Waals surface area (Å²) >= 11 is 3.07. The molecule has 78 valence electrons. The standard InChI is InChI=1S/C8H8BBrF3O/c1-14-7-2-3-8(10)6(4-7)5-9(11,12)13/h2-4H,5H2,1H3/q-1. The van der Waals surface area contributed by atoms with E-state index >= 15 is 0 Å². The van der Waals surface area contributed by atoms with E-state index in [0.717, 1.165) is 0 Å². The van der Waals surface area contributed by atoms with Crippen molar-refractivity contribution in [1.82, 2.24) is 0 Å². The first-order valence-corrected chi connectivity index (χ1v) is 4.75. The van der Waals surface area contributed by atoms with Crippen molar-refractivity contribution in [1.29, 1.82) is 0 Å². The molecule has 0 amide bonds. The first kappa shape index (κ1) is 11.4. The molecule has 0 aliphatic heterocycles. The molecule has 1 aromatic rings. The Hall–Kier alpha value is -0.645. The van der Waals surface area contributed by atoms with Crippen molar-refractivity contribution in [3.63, 3.8) is 0 Å². The third kappa shape index (κ3) is 3.25. The van der Waals surface area contributed by atoms with Crippen LogP contribution in [0.4, 0.5) is 12.9 Å². The topological polar surface area (TPSA) is 9.23 Å². The summed E-state index contributed by atoms with van der Waals surface area (Å²) in [4.78, 5) is 0. The predicted octanol–water partition coefficient (Wildman–Crippen LogP) is 3.39. The lowest BCUT2D eigenvalue weighted by Crippen LogP contribution is -2.19. The highest BCUT2D eigenvalue weighted by atomic mass is 79.9. The summed E-state index contributed by atoms with van der Waals surface area (Å²) in [7, 11) is 1.42. The summed E-state index contributed by atoms with van der Waals surface area (Å²) in [5.74, 6) is 0.434. The normalized spacial score (nSPS) is 11.5. The van der Waals surface area contributed by atoms with Crippen molar-refractivity contribution in [3.05, 3.63) is 28.2 Å². The van der Waals surface area contributed by atoms with Gasteiger partial charge in [0.15, 0.2) is 0 Å². The molecule has 0 heterocycles. The number of ether oxygens (including phenoxy) is 1. The molecule has 0 N–H and O–H groups in total. The Bertz CT molecular complexity index is 327. The van der Waals surface area contributed by atoms with Crippen molar-refractivity contribution in [2.24, 2.45) is 0 Å². The van der Waals surface area contributed by atoms with E-state index in [1.54, 1.807) is 12.1 Å². The molecule has 0 saturated carbocycles. The second kappa shape index (κ2) is 4.25. The third-order valence-electron chi connectivity index (χ3n) is 1.70. The van der Waals surface area contributed by atoms with Gasteiger partial charge in [-0.3, -0.25) is 0 Å². The van der Waals surface area contributed by atoms with Gasteiger partial charge in [0.05, 0.1) is 7.11 Å². The van der Waals surface area contributed by atoms with E-state index in [0.29, 0.717) is 10.2 Å². The molecule has 0 saturated heterocycles. The van der Waals surface area contributed by atoms with Gasteiger partial charge in [-0.05, 0) is 18.2 Å². The minimum absolute atomic E-state index is 0.205. The summed E-state index contributed by atoms with van der Waals surface area (Å²) in [6.45, 7) is -4.81. The fraction of sp³-hybridized carbons (Fsp3) is 0.250. The Kier molecular flexibility index (Phi) is 3.47. The zero-order valence-electron chi connectivity index (χ0n) is 7.44. The van der Waals surface area contributed by atoms with Crippen LogP contribution in [0.3, 0.4) is 0 Å². The predicted molar refractivity (Wildman–Crippen MR) is 53.5 cm³/mol. The van der Waals surface area contributed by atoms with Gasteiger partial charge in [-0.2, -0.15) is 0 Å². The first-order valence-electron chi connectivity index (χ1n) is 3.96. The highest BCUT2D eigenvalue weighted by Gasteiger charge is 2.24. The van der Waals surface area contributed by atoms with E-state index in [1.165, 1.54) is 13.2 Å². The lowest BCUT2D eigenvalue weighted by atomic mass is 9.82. The zero-order chi connectivity index (χ0) is 10.8. The summed E-state index contributed by atoms with van der Waals surface area (Å²) in [6.07, 6.45) is -0.891. The van der Waals surface area contributed by atoms with E-state index in [2.05, 4.69) is 15.9 Å². The summed E-state index contributed by atoms with van der Waals surface area (Å²) in [6, 6.07) is 4.55. The minimum Gasteiger partial charge on any atom is -0.497 e. The van der Waals surface area contributed by atoms with E-state index in [-0.39, 0.29) is 5.56 Å². The molecule has 0 aromatic heterocycles. The van der Waals surface area contributed by atoms with E-state index in [4.69, 9.17) is 4.74 Å². The molecule has 6 heteroatoms. The molecule has 0 bridgehead atoms. The van der Waals surface area contributed by atoms with Gasteiger partial charge in [0.25, 0.3) is 0 Å². The molecule has 0 fully saturated rings. The van der Waals surface area contributed by atoms with Gasteiger partial charge in [0, 0.05) is 4.47 Å². The molecule has 0 radical (unpaired) electrons. The maximum absolute atomic E-state index is 12.2. The lowest BCUT2D eigenvalue weighted by Gasteiger charge is -2.15. The van der Waals surface area contributed by atoms with Crippen LogP contribution in [0.5, 0.6) is 5.75 Å². The van der Waals surface area contributed by atoms with Crippen LogP contribution in [0.2, 0.25) is 0 Å². The van der Waals surface area contributed by atoms with Crippen LogP contribution in [0.25, 0.3) is 0 Å². The van der Waals surface area contributed by atoms with E-state index in [9.17, 15) is 12.9 Å². The van der Waals surface area contributed by atoms with Crippen molar-refractivity contribution in [2.45, 2.75) is 6.32 Å². The van der Waals surface area contributed by atoms with Crippen LogP contribution >= 0.6 is 15.9 Å². The second-order valence-electron chi connectivity index (χ2n) is 2.87. The smallest absolute Gasteiger partial charge is 0.482 e. The molecule has 0 spiro atoms. The minimum atomic E-state index is -4.81. The largest absolute Gasteiger partial charge is 0.497 e. The lowest BCUT2D eigenvalue weighted by molar-refractivity contribution is 0.414. The molecule has 0 atom stereocenters. The zero-order valence-corrected chi connectivity index (χ0v) is 9.02. The Morgan fingerprint density at radius 1 is 1.36 bits per heavy atom. The highest BCUT2D eigenvalue weighted by molar-refractivity contribution is 9.10. The van der Waals surface area contributed by atoms with Gasteiger partial charge in [-0.1, -0.05) is 27.8 Å². The Labute approximate surface area is 88.4 Å². The van der Waals surface area contributed by atoms with E-state index < -0.39 is 13.3 Å². The van der Waals surface area contributed by atoms with Crippen LogP contribution in [0, 0.1) is 0 Å². The summed E-state index contributed by atoms with van der Waals surface area (Å²) < 4.78 is 41.8. The number of halogens is 4. The molecule has 0 aliphatic carbocycles. The third-order valence-corrected chi connectivity index (χ3v) is 2.48. The Balaban J connectivity index is 2.95. The Morgan fingerprint density at radius 3 is 2.50 bits per heavy atom. The average molecular weight is 268 g/mol. The second-order valence-corrected chi connectivity index (χ2v) is 3.73. The SMILES string of the molecule is COc1ccc(Br)c(C[B-](F)(F)F)c1. The van der Waals surface area contributed by atoms with E-state index in [1.807, 2.05) is 0 Å². The summed E-state index contributed by atoms with van der Waals surface area (Å²) in [5, 5.41) is 0. The van der Waals surface area contributed by atoms with Crippen LogP contribution in [0.15, 0.2) is 22.7 Å². The quantitative estimate of drug-likeness (QED) is 0.763. The molecular formula is C8H8BBrF3O-. The van der Waals surface area contributed by atoms with Gasteiger partial charge in [0.2, 0.25) is 0 Å². The molecule has 14 heavy (non-hydrogen) atoms.